The summed E-state index contributed by atoms with van der Waals surface area (Å²) in [6.07, 6.45) is 1.91. The Bertz CT molecular complexity index is 826. The van der Waals surface area contributed by atoms with Crippen LogP contribution in [0.2, 0.25) is 5.02 Å². The summed E-state index contributed by atoms with van der Waals surface area (Å²) in [4.78, 5) is 12.4. The van der Waals surface area contributed by atoms with Gasteiger partial charge in [0.15, 0.2) is 0 Å². The molecule has 0 fully saturated rings. The van der Waals surface area contributed by atoms with E-state index in [1.807, 2.05) is 66.2 Å². The van der Waals surface area contributed by atoms with Gasteiger partial charge in [0.05, 0.1) is 0 Å². The normalized spacial score (nSPS) is 12.3. The second-order valence-corrected chi connectivity index (χ2v) is 6.45. The zero-order chi connectivity index (χ0) is 15.7. The predicted molar refractivity (Wildman–Crippen MR) is 94.4 cm³/mol. The lowest BCUT2D eigenvalue weighted by atomic mass is 10.2. The molecule has 2 aromatic carbocycles. The minimum atomic E-state index is -0.317. The minimum absolute atomic E-state index is 0.0604. The topological polar surface area (TPSA) is 34.0 Å². The summed E-state index contributed by atoms with van der Waals surface area (Å²) >= 11 is 9.38. The Morgan fingerprint density at radius 3 is 2.64 bits per heavy atom. The van der Waals surface area contributed by atoms with E-state index in [1.54, 1.807) is 0 Å². The molecule has 1 N–H and O–H groups in total. The fourth-order valence-corrected chi connectivity index (χ4v) is 2.82. The van der Waals surface area contributed by atoms with Crippen LogP contribution in [0.15, 0.2) is 59.2 Å². The molecular formula is C17H14BrClN2O. The zero-order valence-corrected chi connectivity index (χ0v) is 14.2. The zero-order valence-electron chi connectivity index (χ0n) is 11.9. The number of halogens is 2. The number of aromatic nitrogens is 1. The maximum atomic E-state index is 12.4. The van der Waals surface area contributed by atoms with Crippen molar-refractivity contribution in [3.63, 3.8) is 0 Å². The van der Waals surface area contributed by atoms with Crippen molar-refractivity contribution < 1.29 is 4.79 Å². The molecule has 0 saturated heterocycles. The molecule has 5 heteroatoms. The Morgan fingerprint density at radius 1 is 1.18 bits per heavy atom. The number of amides is 1. The second-order valence-electron chi connectivity index (χ2n) is 5.10. The number of benzene rings is 2. The molecule has 0 bridgehead atoms. The number of nitrogens with one attached hydrogen (secondary N) is 1. The third kappa shape index (κ3) is 3.03. The van der Waals surface area contributed by atoms with Gasteiger partial charge in [-0.1, -0.05) is 27.5 Å². The molecule has 22 heavy (non-hydrogen) atoms. The van der Waals surface area contributed by atoms with Gasteiger partial charge in [-0.2, -0.15) is 0 Å². The molecule has 112 valence electrons. The van der Waals surface area contributed by atoms with Crippen LogP contribution in [0.5, 0.6) is 0 Å². The highest BCUT2D eigenvalue weighted by atomic mass is 79.9. The van der Waals surface area contributed by atoms with Crippen LogP contribution in [-0.2, 0) is 4.79 Å². The van der Waals surface area contributed by atoms with Crippen LogP contribution in [0, 0.1) is 0 Å². The first-order chi connectivity index (χ1) is 10.5. The monoisotopic (exact) mass is 376 g/mol. The molecule has 1 atom stereocenters. The van der Waals surface area contributed by atoms with Crippen molar-refractivity contribution in [1.82, 2.24) is 4.57 Å². The highest BCUT2D eigenvalue weighted by Gasteiger charge is 2.16. The molecule has 1 unspecified atom stereocenters. The number of fused-ring (bicyclic) bond motifs is 1. The van der Waals surface area contributed by atoms with Gasteiger partial charge in [-0.3, -0.25) is 4.79 Å². The minimum Gasteiger partial charge on any atom is -0.335 e. The fourth-order valence-electron chi connectivity index (χ4n) is 2.38. The second kappa shape index (κ2) is 6.15. The first-order valence-electron chi connectivity index (χ1n) is 6.87. The molecule has 1 heterocycles. The van der Waals surface area contributed by atoms with Gasteiger partial charge in [-0.25, -0.2) is 0 Å². The molecule has 1 aromatic heterocycles. The number of carbonyl (C=O) groups is 1. The van der Waals surface area contributed by atoms with Crippen molar-refractivity contribution in [3.8, 4) is 0 Å². The quantitative estimate of drug-likeness (QED) is 0.664. The largest absolute Gasteiger partial charge is 0.335 e. The molecule has 3 aromatic rings. The van der Waals surface area contributed by atoms with Crippen molar-refractivity contribution >= 4 is 50.0 Å². The lowest BCUT2D eigenvalue weighted by molar-refractivity contribution is -0.118. The van der Waals surface area contributed by atoms with E-state index < -0.39 is 0 Å². The third-order valence-corrected chi connectivity index (χ3v) is 4.35. The molecule has 0 aliphatic rings. The van der Waals surface area contributed by atoms with Gasteiger partial charge in [-0.05, 0) is 55.5 Å². The number of hydrogen-bond donors (Lipinski definition) is 1. The van der Waals surface area contributed by atoms with Crippen molar-refractivity contribution in [1.29, 1.82) is 0 Å². The Kier molecular flexibility index (Phi) is 4.23. The lowest BCUT2D eigenvalue weighted by Crippen LogP contribution is -2.23. The number of nitrogens with zero attached hydrogens (tertiary/aromatic N) is 1. The van der Waals surface area contributed by atoms with Gasteiger partial charge in [0.2, 0.25) is 5.91 Å². The predicted octanol–water partition coefficient (Wildman–Crippen LogP) is 5.26. The van der Waals surface area contributed by atoms with Crippen LogP contribution in [0.1, 0.15) is 13.0 Å². The van der Waals surface area contributed by atoms with Gasteiger partial charge in [0.1, 0.15) is 6.04 Å². The maximum Gasteiger partial charge on any atom is 0.247 e. The highest BCUT2D eigenvalue weighted by molar-refractivity contribution is 9.10. The van der Waals surface area contributed by atoms with Gasteiger partial charge in [0, 0.05) is 32.3 Å². The van der Waals surface area contributed by atoms with Crippen molar-refractivity contribution in [3.05, 3.63) is 64.2 Å². The molecule has 3 rings (SSSR count). The molecular weight excluding hydrogens is 364 g/mol. The molecule has 0 aliphatic heterocycles. The first-order valence-corrected chi connectivity index (χ1v) is 8.04. The van der Waals surface area contributed by atoms with Crippen LogP contribution in [0.25, 0.3) is 10.9 Å². The molecule has 0 saturated carbocycles. The molecule has 1 amide bonds. The first kappa shape index (κ1) is 15.1. The van der Waals surface area contributed by atoms with Crippen LogP contribution in [-0.4, -0.2) is 10.5 Å². The Balaban J connectivity index is 1.84. The van der Waals surface area contributed by atoms with Gasteiger partial charge >= 0.3 is 0 Å². The molecule has 0 radical (unpaired) electrons. The Hall–Kier alpha value is -1.78. The average molecular weight is 378 g/mol. The van der Waals surface area contributed by atoms with Crippen molar-refractivity contribution in [2.75, 3.05) is 5.32 Å². The van der Waals surface area contributed by atoms with Crippen molar-refractivity contribution in [2.24, 2.45) is 0 Å². The summed E-state index contributed by atoms with van der Waals surface area (Å²) in [7, 11) is 0. The van der Waals surface area contributed by atoms with Gasteiger partial charge in [-0.15, -0.1) is 0 Å². The summed E-state index contributed by atoms with van der Waals surface area (Å²) in [5, 5.41) is 4.64. The van der Waals surface area contributed by atoms with Gasteiger partial charge in [0.25, 0.3) is 0 Å². The van der Waals surface area contributed by atoms with E-state index in [9.17, 15) is 4.79 Å². The number of carbonyl (C=O) groups excluding carboxylic acids is 1. The van der Waals surface area contributed by atoms with E-state index in [-0.39, 0.29) is 11.9 Å². The van der Waals surface area contributed by atoms with E-state index in [4.69, 9.17) is 11.6 Å². The maximum absolute atomic E-state index is 12.4. The van der Waals surface area contributed by atoms with E-state index in [1.165, 1.54) is 0 Å². The third-order valence-electron chi connectivity index (χ3n) is 3.59. The highest BCUT2D eigenvalue weighted by Crippen LogP contribution is 2.24. The summed E-state index contributed by atoms with van der Waals surface area (Å²) in [6, 6.07) is 14.8. The molecule has 3 nitrogen and oxygen atoms in total. The van der Waals surface area contributed by atoms with Crippen LogP contribution in [0.3, 0.4) is 0 Å². The lowest BCUT2D eigenvalue weighted by Gasteiger charge is -2.15. The van der Waals surface area contributed by atoms with E-state index in [0.717, 1.165) is 21.1 Å². The van der Waals surface area contributed by atoms with E-state index >= 15 is 0 Å². The summed E-state index contributed by atoms with van der Waals surface area (Å²) in [6.45, 7) is 1.88. The van der Waals surface area contributed by atoms with E-state index in [2.05, 4.69) is 21.2 Å². The summed E-state index contributed by atoms with van der Waals surface area (Å²) < 4.78 is 2.92. The fraction of sp³-hybridized carbons (Fsp3) is 0.118. The van der Waals surface area contributed by atoms with Gasteiger partial charge < -0.3 is 9.88 Å². The van der Waals surface area contributed by atoms with Crippen molar-refractivity contribution in [2.45, 2.75) is 13.0 Å². The van der Waals surface area contributed by atoms with Crippen LogP contribution < -0.4 is 5.32 Å². The molecule has 0 aliphatic carbocycles. The Labute approximate surface area is 142 Å². The van der Waals surface area contributed by atoms with Crippen LogP contribution in [0.4, 0.5) is 5.69 Å². The van der Waals surface area contributed by atoms with E-state index in [0.29, 0.717) is 5.02 Å². The smallest absolute Gasteiger partial charge is 0.247 e. The average Bonchev–Trinajstić information content (AvgIpc) is 2.91. The number of hydrogen-bond acceptors (Lipinski definition) is 1. The number of anilines is 1. The summed E-state index contributed by atoms with van der Waals surface area (Å²) in [5.74, 6) is -0.0604. The number of rotatable bonds is 3. The summed E-state index contributed by atoms with van der Waals surface area (Å²) in [5.41, 5.74) is 1.77. The molecule has 0 spiro atoms. The standard InChI is InChI=1S/C17H14BrClN2O/c1-11(17(22)20-15-5-2-13(18)3-6-15)21-9-8-12-10-14(19)4-7-16(12)21/h2-11H,1H3,(H,20,22). The SMILES string of the molecule is CC(C(=O)Nc1ccc(Br)cc1)n1ccc2cc(Cl)ccc21. The van der Waals surface area contributed by atoms with Crippen LogP contribution >= 0.6 is 27.5 Å². The Morgan fingerprint density at radius 2 is 1.91 bits per heavy atom.